The van der Waals surface area contributed by atoms with Crippen LogP contribution in [0.15, 0.2) is 43.1 Å². The molecule has 9 nitrogen and oxygen atoms in total. The van der Waals surface area contributed by atoms with E-state index in [0.717, 1.165) is 44.6 Å². The van der Waals surface area contributed by atoms with Gasteiger partial charge in [-0.05, 0) is 43.9 Å². The Kier molecular flexibility index (Phi) is 5.60. The van der Waals surface area contributed by atoms with Crippen LogP contribution < -0.4 is 5.32 Å². The topological polar surface area (TPSA) is 105 Å². The summed E-state index contributed by atoms with van der Waals surface area (Å²) < 4.78 is 1.92. The van der Waals surface area contributed by atoms with Crippen molar-refractivity contribution in [2.24, 2.45) is 0 Å². The number of aromatic amines is 1. The van der Waals surface area contributed by atoms with Gasteiger partial charge in [0.1, 0.15) is 18.0 Å². The molecule has 0 aliphatic carbocycles. The number of nitrogens with one attached hydrogen (secondary N) is 2. The first kappa shape index (κ1) is 18.1. The fraction of sp³-hybridized carbons (Fsp3) is 0.421. The summed E-state index contributed by atoms with van der Waals surface area (Å²) in [5.41, 5.74) is 0.621. The molecule has 3 aromatic heterocycles. The molecular formula is C19H24N8O. The standard InChI is InChI=1S/C19H24N8O/c28-19(15-5-6-17(20-12-15)21-13-18-22-14-23-25-18)27-10-2-1-4-16(27)7-11-26-9-3-8-24-26/h3,5-6,8-9,12,14,16H,1-2,4,7,10-11,13H2,(H,20,21)(H,22,23,25)/t16-/m0/s1. The number of aromatic nitrogens is 6. The van der Waals surface area contributed by atoms with Gasteiger partial charge < -0.3 is 10.2 Å². The average molecular weight is 380 g/mol. The summed E-state index contributed by atoms with van der Waals surface area (Å²) in [5, 5.41) is 14.0. The molecule has 28 heavy (non-hydrogen) atoms. The minimum absolute atomic E-state index is 0.0550. The second kappa shape index (κ2) is 8.64. The molecule has 3 aromatic rings. The quantitative estimate of drug-likeness (QED) is 0.650. The van der Waals surface area contributed by atoms with Gasteiger partial charge in [0.2, 0.25) is 0 Å². The number of amides is 1. The summed E-state index contributed by atoms with van der Waals surface area (Å²) in [7, 11) is 0. The van der Waals surface area contributed by atoms with E-state index in [2.05, 4.69) is 30.6 Å². The number of hydrogen-bond donors (Lipinski definition) is 2. The van der Waals surface area contributed by atoms with E-state index in [4.69, 9.17) is 0 Å². The molecule has 4 heterocycles. The summed E-state index contributed by atoms with van der Waals surface area (Å²) in [4.78, 5) is 23.5. The average Bonchev–Trinajstić information content (AvgIpc) is 3.45. The number of H-pyrrole nitrogens is 1. The number of aryl methyl sites for hydroxylation is 1. The number of likely N-dealkylation sites (tertiary alicyclic amines) is 1. The lowest BCUT2D eigenvalue weighted by molar-refractivity contribution is 0.0593. The zero-order valence-corrected chi connectivity index (χ0v) is 15.7. The molecule has 0 aromatic carbocycles. The van der Waals surface area contributed by atoms with Crippen LogP contribution in [0.3, 0.4) is 0 Å². The highest BCUT2D eigenvalue weighted by molar-refractivity contribution is 5.94. The van der Waals surface area contributed by atoms with E-state index >= 15 is 0 Å². The fourth-order valence-electron chi connectivity index (χ4n) is 3.56. The van der Waals surface area contributed by atoms with Crippen molar-refractivity contribution in [3.63, 3.8) is 0 Å². The molecule has 1 saturated heterocycles. The minimum atomic E-state index is 0.0550. The normalized spacial score (nSPS) is 16.9. The van der Waals surface area contributed by atoms with Crippen LogP contribution in [-0.2, 0) is 13.1 Å². The van der Waals surface area contributed by atoms with Gasteiger partial charge in [0.05, 0.1) is 12.1 Å². The lowest BCUT2D eigenvalue weighted by Gasteiger charge is -2.36. The zero-order valence-electron chi connectivity index (χ0n) is 15.7. The van der Waals surface area contributed by atoms with Crippen LogP contribution in [0, 0.1) is 0 Å². The second-order valence-corrected chi connectivity index (χ2v) is 6.92. The Morgan fingerprint density at radius 1 is 1.29 bits per heavy atom. The molecule has 1 fully saturated rings. The summed E-state index contributed by atoms with van der Waals surface area (Å²) in [6, 6.07) is 5.83. The van der Waals surface area contributed by atoms with Gasteiger partial charge in [-0.15, -0.1) is 0 Å². The molecule has 146 valence electrons. The second-order valence-electron chi connectivity index (χ2n) is 6.92. The molecule has 0 bridgehead atoms. The molecule has 1 amide bonds. The van der Waals surface area contributed by atoms with Crippen LogP contribution in [0.4, 0.5) is 5.82 Å². The number of hydrogen-bond acceptors (Lipinski definition) is 6. The number of carbonyl (C=O) groups is 1. The Bertz CT molecular complexity index is 860. The molecule has 0 spiro atoms. The van der Waals surface area contributed by atoms with Crippen molar-refractivity contribution in [3.8, 4) is 0 Å². The monoisotopic (exact) mass is 380 g/mol. The van der Waals surface area contributed by atoms with Crippen molar-refractivity contribution in [1.82, 2.24) is 34.8 Å². The molecule has 1 atom stereocenters. The van der Waals surface area contributed by atoms with Crippen molar-refractivity contribution in [2.75, 3.05) is 11.9 Å². The third kappa shape index (κ3) is 4.36. The highest BCUT2D eigenvalue weighted by atomic mass is 16.2. The first-order chi connectivity index (χ1) is 13.8. The van der Waals surface area contributed by atoms with Gasteiger partial charge in [-0.3, -0.25) is 14.6 Å². The zero-order chi connectivity index (χ0) is 19.2. The van der Waals surface area contributed by atoms with Crippen LogP contribution in [0.2, 0.25) is 0 Å². The molecule has 9 heteroatoms. The van der Waals surface area contributed by atoms with Crippen LogP contribution in [-0.4, -0.2) is 53.3 Å². The predicted molar refractivity (Wildman–Crippen MR) is 103 cm³/mol. The lowest BCUT2D eigenvalue weighted by Crippen LogP contribution is -2.44. The molecular weight excluding hydrogens is 356 g/mol. The van der Waals surface area contributed by atoms with E-state index in [1.807, 2.05) is 34.0 Å². The van der Waals surface area contributed by atoms with Crippen molar-refractivity contribution in [2.45, 2.75) is 44.8 Å². The number of nitrogens with zero attached hydrogens (tertiary/aromatic N) is 6. The third-order valence-corrected chi connectivity index (χ3v) is 5.05. The predicted octanol–water partition coefficient (Wildman–Crippen LogP) is 2.09. The summed E-state index contributed by atoms with van der Waals surface area (Å²) in [6.07, 6.45) is 11.0. The van der Waals surface area contributed by atoms with Crippen molar-refractivity contribution in [1.29, 1.82) is 0 Å². The number of carbonyl (C=O) groups excluding carboxylic acids is 1. The molecule has 1 aliphatic heterocycles. The lowest BCUT2D eigenvalue weighted by atomic mass is 9.98. The highest BCUT2D eigenvalue weighted by Gasteiger charge is 2.27. The van der Waals surface area contributed by atoms with E-state index in [0.29, 0.717) is 17.9 Å². The van der Waals surface area contributed by atoms with Gasteiger partial charge in [0, 0.05) is 37.7 Å². The summed E-state index contributed by atoms with van der Waals surface area (Å²) >= 11 is 0. The maximum atomic E-state index is 13.0. The fourth-order valence-corrected chi connectivity index (χ4v) is 3.56. The first-order valence-corrected chi connectivity index (χ1v) is 9.62. The number of pyridine rings is 1. The summed E-state index contributed by atoms with van der Waals surface area (Å²) in [6.45, 7) is 2.13. The van der Waals surface area contributed by atoms with Crippen molar-refractivity contribution < 1.29 is 4.79 Å². The Morgan fingerprint density at radius 2 is 2.25 bits per heavy atom. The number of anilines is 1. The molecule has 0 saturated carbocycles. The molecule has 0 unspecified atom stereocenters. The van der Waals surface area contributed by atoms with Crippen LogP contribution in [0.1, 0.15) is 41.9 Å². The van der Waals surface area contributed by atoms with Gasteiger partial charge in [-0.2, -0.15) is 10.2 Å². The minimum Gasteiger partial charge on any atom is -0.363 e. The Labute approximate surface area is 163 Å². The van der Waals surface area contributed by atoms with E-state index < -0.39 is 0 Å². The number of piperidine rings is 1. The van der Waals surface area contributed by atoms with Gasteiger partial charge in [0.15, 0.2) is 0 Å². The van der Waals surface area contributed by atoms with Crippen molar-refractivity contribution in [3.05, 3.63) is 54.5 Å². The Hall–Kier alpha value is -3.23. The van der Waals surface area contributed by atoms with Crippen LogP contribution in [0.5, 0.6) is 0 Å². The van der Waals surface area contributed by atoms with Crippen molar-refractivity contribution >= 4 is 11.7 Å². The largest absolute Gasteiger partial charge is 0.363 e. The van der Waals surface area contributed by atoms with Gasteiger partial charge >= 0.3 is 0 Å². The van der Waals surface area contributed by atoms with Crippen LogP contribution >= 0.6 is 0 Å². The van der Waals surface area contributed by atoms with E-state index in [1.165, 1.54) is 6.33 Å². The van der Waals surface area contributed by atoms with Gasteiger partial charge in [0.25, 0.3) is 5.91 Å². The highest BCUT2D eigenvalue weighted by Crippen LogP contribution is 2.22. The molecule has 0 radical (unpaired) electrons. The maximum absolute atomic E-state index is 13.0. The third-order valence-electron chi connectivity index (χ3n) is 5.05. The van der Waals surface area contributed by atoms with Crippen LogP contribution in [0.25, 0.3) is 0 Å². The maximum Gasteiger partial charge on any atom is 0.255 e. The first-order valence-electron chi connectivity index (χ1n) is 9.62. The Morgan fingerprint density at radius 3 is 3.00 bits per heavy atom. The molecule has 1 aliphatic rings. The molecule has 2 N–H and O–H groups in total. The van der Waals surface area contributed by atoms with E-state index in [-0.39, 0.29) is 11.9 Å². The van der Waals surface area contributed by atoms with Gasteiger partial charge in [-0.25, -0.2) is 9.97 Å². The molecule has 4 rings (SSSR count). The van der Waals surface area contributed by atoms with E-state index in [1.54, 1.807) is 12.4 Å². The van der Waals surface area contributed by atoms with E-state index in [9.17, 15) is 4.79 Å². The smallest absolute Gasteiger partial charge is 0.255 e. The van der Waals surface area contributed by atoms with Gasteiger partial charge in [-0.1, -0.05) is 0 Å². The Balaban J connectivity index is 1.37. The SMILES string of the molecule is O=C(c1ccc(NCc2ncn[nH]2)nc1)N1CCCC[C@H]1CCn1cccn1. The number of rotatable bonds is 7. The summed E-state index contributed by atoms with van der Waals surface area (Å²) in [5.74, 6) is 1.48.